The van der Waals surface area contributed by atoms with E-state index in [1.807, 2.05) is 0 Å². The van der Waals surface area contributed by atoms with Crippen LogP contribution in [0, 0.1) is 11.8 Å². The molecule has 0 fully saturated rings. The first-order valence-corrected chi connectivity index (χ1v) is 8.48. The third-order valence-electron chi connectivity index (χ3n) is 3.86. The van der Waals surface area contributed by atoms with Crippen LogP contribution < -0.4 is 0 Å². The molecule has 3 heteroatoms. The first kappa shape index (κ1) is 17.2. The van der Waals surface area contributed by atoms with Gasteiger partial charge < -0.3 is 0 Å². The largest absolute Gasteiger partial charge is 0.197 e. The summed E-state index contributed by atoms with van der Waals surface area (Å²) in [6.45, 7) is 9.14. The van der Waals surface area contributed by atoms with Gasteiger partial charge in [-0.25, -0.2) is 0 Å². The Balaban J connectivity index is 2.11. The molecule has 0 atom stereocenters. The van der Waals surface area contributed by atoms with Crippen molar-refractivity contribution in [2.75, 3.05) is 0 Å². The summed E-state index contributed by atoms with van der Waals surface area (Å²) in [5, 5.41) is 11.4. The van der Waals surface area contributed by atoms with Gasteiger partial charge in [0.25, 0.3) is 0 Å². The molecule has 20 heavy (non-hydrogen) atoms. The number of rotatable bonds is 11. The van der Waals surface area contributed by atoms with Crippen LogP contribution in [0.25, 0.3) is 0 Å². The predicted octanol–water partition coefficient (Wildman–Crippen LogP) is 4.93. The minimum atomic E-state index is 0.737. The van der Waals surface area contributed by atoms with Gasteiger partial charge in [0.1, 0.15) is 0 Å². The molecule has 116 valence electrons. The smallest absolute Gasteiger partial charge is 0.0856 e. The molecule has 0 radical (unpaired) electrons. The van der Waals surface area contributed by atoms with Crippen LogP contribution >= 0.6 is 0 Å². The molecule has 3 nitrogen and oxygen atoms in total. The highest BCUT2D eigenvalue weighted by Gasteiger charge is 2.08. The van der Waals surface area contributed by atoms with Crippen LogP contribution in [-0.2, 0) is 12.8 Å². The second-order valence-electron chi connectivity index (χ2n) is 6.85. The number of aromatic amines is 1. The second-order valence-corrected chi connectivity index (χ2v) is 6.85. The zero-order valence-corrected chi connectivity index (χ0v) is 13.9. The fourth-order valence-electron chi connectivity index (χ4n) is 2.48. The first-order valence-electron chi connectivity index (χ1n) is 8.48. The van der Waals surface area contributed by atoms with Gasteiger partial charge in [-0.05, 0) is 37.5 Å². The summed E-state index contributed by atoms with van der Waals surface area (Å²) in [7, 11) is 0. The monoisotopic (exact) mass is 279 g/mol. The molecule has 0 bridgehead atoms. The Hall–Kier alpha value is -0.860. The zero-order valence-electron chi connectivity index (χ0n) is 13.9. The molecule has 1 aromatic heterocycles. The van der Waals surface area contributed by atoms with Gasteiger partial charge in [0.15, 0.2) is 0 Å². The van der Waals surface area contributed by atoms with Crippen molar-refractivity contribution in [3.8, 4) is 0 Å². The highest BCUT2D eigenvalue weighted by Crippen LogP contribution is 2.14. The van der Waals surface area contributed by atoms with Crippen molar-refractivity contribution >= 4 is 0 Å². The van der Waals surface area contributed by atoms with Crippen LogP contribution in [0.5, 0.6) is 0 Å². The van der Waals surface area contributed by atoms with Gasteiger partial charge in [-0.2, -0.15) is 15.4 Å². The van der Waals surface area contributed by atoms with Gasteiger partial charge in [0.2, 0.25) is 0 Å². The number of nitrogens with one attached hydrogen (secondary N) is 1. The number of nitrogens with zero attached hydrogens (tertiary/aromatic N) is 2. The average molecular weight is 279 g/mol. The molecule has 0 aromatic carbocycles. The van der Waals surface area contributed by atoms with E-state index in [2.05, 4.69) is 43.1 Å². The fraction of sp³-hybridized carbons (Fsp3) is 0.882. The normalized spacial score (nSPS) is 11.7. The second kappa shape index (κ2) is 9.95. The van der Waals surface area contributed by atoms with Crippen molar-refractivity contribution in [2.24, 2.45) is 11.8 Å². The van der Waals surface area contributed by atoms with Crippen molar-refractivity contribution in [2.45, 2.75) is 85.5 Å². The van der Waals surface area contributed by atoms with Gasteiger partial charge in [-0.1, -0.05) is 59.8 Å². The van der Waals surface area contributed by atoms with Crippen molar-refractivity contribution < 1.29 is 0 Å². The lowest BCUT2D eigenvalue weighted by atomic mass is 10.0. The van der Waals surface area contributed by atoms with E-state index in [0.717, 1.165) is 24.7 Å². The Labute approximate surface area is 124 Å². The number of H-pyrrole nitrogens is 1. The molecular formula is C17H33N3. The number of aryl methyl sites for hydroxylation is 2. The molecular weight excluding hydrogens is 246 g/mol. The van der Waals surface area contributed by atoms with Crippen LogP contribution in [0.3, 0.4) is 0 Å². The molecule has 0 aliphatic carbocycles. The quantitative estimate of drug-likeness (QED) is 0.583. The van der Waals surface area contributed by atoms with E-state index in [4.69, 9.17) is 0 Å². The lowest BCUT2D eigenvalue weighted by Gasteiger charge is -2.05. The Morgan fingerprint density at radius 2 is 1.25 bits per heavy atom. The van der Waals surface area contributed by atoms with Gasteiger partial charge in [-0.3, -0.25) is 0 Å². The van der Waals surface area contributed by atoms with Crippen LogP contribution in [-0.4, -0.2) is 15.4 Å². The highest BCUT2D eigenvalue weighted by atomic mass is 15.3. The minimum absolute atomic E-state index is 0.737. The molecule has 0 saturated carbocycles. The lowest BCUT2D eigenvalue weighted by Crippen LogP contribution is -1.97. The Morgan fingerprint density at radius 3 is 1.90 bits per heavy atom. The summed E-state index contributed by atoms with van der Waals surface area (Å²) in [5.41, 5.74) is 2.39. The number of hydrogen-bond acceptors (Lipinski definition) is 2. The van der Waals surface area contributed by atoms with Crippen molar-refractivity contribution in [1.29, 1.82) is 0 Å². The lowest BCUT2D eigenvalue weighted by molar-refractivity contribution is 0.514. The Morgan fingerprint density at radius 1 is 0.700 bits per heavy atom. The minimum Gasteiger partial charge on any atom is -0.197 e. The van der Waals surface area contributed by atoms with Crippen LogP contribution in [0.2, 0.25) is 0 Å². The van der Waals surface area contributed by atoms with Crippen molar-refractivity contribution in [1.82, 2.24) is 15.4 Å². The number of unbranched alkanes of at least 4 members (excludes halogenated alkanes) is 4. The average Bonchev–Trinajstić information content (AvgIpc) is 2.82. The first-order chi connectivity index (χ1) is 9.59. The molecule has 1 N–H and O–H groups in total. The topological polar surface area (TPSA) is 41.6 Å². The number of hydrogen-bond donors (Lipinski definition) is 1. The van der Waals surface area contributed by atoms with E-state index in [-0.39, 0.29) is 0 Å². The molecule has 1 heterocycles. The molecule has 0 unspecified atom stereocenters. The maximum atomic E-state index is 4.32. The van der Waals surface area contributed by atoms with E-state index in [0.29, 0.717) is 0 Å². The van der Waals surface area contributed by atoms with E-state index in [9.17, 15) is 0 Å². The van der Waals surface area contributed by atoms with E-state index in [1.54, 1.807) is 0 Å². The van der Waals surface area contributed by atoms with E-state index >= 15 is 0 Å². The van der Waals surface area contributed by atoms with Gasteiger partial charge in [0, 0.05) is 0 Å². The Bertz CT molecular complexity index is 342. The summed E-state index contributed by atoms with van der Waals surface area (Å²) in [4.78, 5) is 0. The summed E-state index contributed by atoms with van der Waals surface area (Å²) in [6, 6.07) is 0. The molecule has 1 aromatic rings. The molecule has 0 aliphatic heterocycles. The third kappa shape index (κ3) is 7.66. The summed E-state index contributed by atoms with van der Waals surface area (Å²) >= 11 is 0. The summed E-state index contributed by atoms with van der Waals surface area (Å²) in [5.74, 6) is 1.59. The van der Waals surface area contributed by atoms with Crippen LogP contribution in [0.15, 0.2) is 0 Å². The summed E-state index contributed by atoms with van der Waals surface area (Å²) < 4.78 is 0. The van der Waals surface area contributed by atoms with Crippen molar-refractivity contribution in [3.63, 3.8) is 0 Å². The predicted molar refractivity (Wildman–Crippen MR) is 85.8 cm³/mol. The molecule has 0 saturated heterocycles. The molecule has 1 rings (SSSR count). The fourth-order valence-corrected chi connectivity index (χ4v) is 2.48. The standard InChI is InChI=1S/C17H33N3/c1-14(2)10-8-6-5-7-9-11-16-17(19-20-18-16)13-12-15(3)4/h14-15H,5-13H2,1-4H3,(H,18,19,20). The Kier molecular flexibility index (Phi) is 8.56. The SMILES string of the molecule is CC(C)CCCCCCCc1n[nH]nc1CCC(C)C. The number of aromatic nitrogens is 3. The maximum absolute atomic E-state index is 4.32. The van der Waals surface area contributed by atoms with E-state index < -0.39 is 0 Å². The van der Waals surface area contributed by atoms with Gasteiger partial charge >= 0.3 is 0 Å². The third-order valence-corrected chi connectivity index (χ3v) is 3.86. The zero-order chi connectivity index (χ0) is 14.8. The molecule has 0 amide bonds. The summed E-state index contributed by atoms with van der Waals surface area (Å²) in [6.07, 6.45) is 11.5. The highest BCUT2D eigenvalue weighted by molar-refractivity contribution is 5.08. The van der Waals surface area contributed by atoms with Gasteiger partial charge in [0.05, 0.1) is 11.4 Å². The molecule has 0 aliphatic rings. The van der Waals surface area contributed by atoms with E-state index in [1.165, 1.54) is 56.3 Å². The molecule has 0 spiro atoms. The maximum Gasteiger partial charge on any atom is 0.0856 e. The van der Waals surface area contributed by atoms with Crippen molar-refractivity contribution in [3.05, 3.63) is 11.4 Å². The van der Waals surface area contributed by atoms with Crippen LogP contribution in [0.4, 0.5) is 0 Å². The van der Waals surface area contributed by atoms with Gasteiger partial charge in [-0.15, -0.1) is 0 Å². The van der Waals surface area contributed by atoms with Crippen LogP contribution in [0.1, 0.15) is 84.0 Å².